The number of benzene rings is 2. The lowest BCUT2D eigenvalue weighted by atomic mass is 10.1. The Bertz CT molecular complexity index is 931. The van der Waals surface area contributed by atoms with Crippen molar-refractivity contribution in [3.63, 3.8) is 0 Å². The summed E-state index contributed by atoms with van der Waals surface area (Å²) in [6.07, 6.45) is 2.10. The van der Waals surface area contributed by atoms with E-state index >= 15 is 0 Å². The van der Waals surface area contributed by atoms with Gasteiger partial charge in [0, 0.05) is 12.2 Å². The van der Waals surface area contributed by atoms with Crippen LogP contribution in [0.2, 0.25) is 5.02 Å². The molecule has 27 heavy (non-hydrogen) atoms. The molecule has 0 saturated heterocycles. The van der Waals surface area contributed by atoms with Crippen LogP contribution in [0.5, 0.6) is 0 Å². The molecule has 1 heterocycles. The molecule has 2 N–H and O–H groups in total. The first-order chi connectivity index (χ1) is 13.0. The number of pyridine rings is 1. The fraction of sp³-hybridized carbons (Fsp3) is 0.100. The van der Waals surface area contributed by atoms with Crippen molar-refractivity contribution in [3.05, 3.63) is 88.7 Å². The van der Waals surface area contributed by atoms with E-state index in [1.807, 2.05) is 0 Å². The molecule has 138 valence electrons. The zero-order chi connectivity index (χ0) is 19.2. The highest BCUT2D eigenvalue weighted by molar-refractivity contribution is 6.31. The van der Waals surface area contributed by atoms with Crippen LogP contribution in [0.3, 0.4) is 0 Å². The van der Waals surface area contributed by atoms with Crippen molar-refractivity contribution in [2.24, 2.45) is 0 Å². The number of anilines is 2. The van der Waals surface area contributed by atoms with Crippen LogP contribution in [0.4, 0.5) is 20.2 Å². The molecule has 3 aromatic rings. The van der Waals surface area contributed by atoms with Crippen molar-refractivity contribution >= 4 is 28.9 Å². The quantitative estimate of drug-likeness (QED) is 0.643. The topological polar surface area (TPSA) is 54.0 Å². The van der Waals surface area contributed by atoms with Crippen molar-refractivity contribution in [2.75, 3.05) is 11.9 Å². The number of nitrogens with zero attached hydrogens (tertiary/aromatic N) is 1. The summed E-state index contributed by atoms with van der Waals surface area (Å²) >= 11 is 5.75. The van der Waals surface area contributed by atoms with Crippen LogP contribution in [0.15, 0.2) is 60.8 Å². The Morgan fingerprint density at radius 3 is 2.41 bits per heavy atom. The summed E-state index contributed by atoms with van der Waals surface area (Å²) in [6.45, 7) is 0.417. The lowest BCUT2D eigenvalue weighted by Crippen LogP contribution is -2.26. The minimum atomic E-state index is -0.493. The maximum Gasteiger partial charge on any atom is 0.269 e. The molecule has 0 radical (unpaired) electrons. The van der Waals surface area contributed by atoms with Gasteiger partial charge in [0.2, 0.25) is 0 Å². The maximum atomic E-state index is 13.2. The first-order valence-electron chi connectivity index (χ1n) is 8.22. The van der Waals surface area contributed by atoms with Gasteiger partial charge in [-0.15, -0.1) is 0 Å². The molecule has 0 unspecified atom stereocenters. The Morgan fingerprint density at radius 1 is 1.00 bits per heavy atom. The summed E-state index contributed by atoms with van der Waals surface area (Å²) in [7, 11) is 0. The molecule has 3 rings (SSSR count). The van der Waals surface area contributed by atoms with E-state index in [1.54, 1.807) is 30.3 Å². The van der Waals surface area contributed by atoms with Crippen LogP contribution >= 0.6 is 11.6 Å². The van der Waals surface area contributed by atoms with Gasteiger partial charge in [-0.2, -0.15) is 0 Å². The Kier molecular flexibility index (Phi) is 5.98. The van der Waals surface area contributed by atoms with Crippen LogP contribution in [0.1, 0.15) is 16.1 Å². The first kappa shape index (κ1) is 18.8. The second-order valence-electron chi connectivity index (χ2n) is 5.82. The molecule has 0 atom stereocenters. The highest BCUT2D eigenvalue weighted by Crippen LogP contribution is 2.22. The second kappa shape index (κ2) is 8.60. The van der Waals surface area contributed by atoms with Gasteiger partial charge in [0.05, 0.1) is 16.9 Å². The summed E-state index contributed by atoms with van der Waals surface area (Å²) in [5.74, 6) is -1.08. The van der Waals surface area contributed by atoms with Gasteiger partial charge >= 0.3 is 0 Å². The molecule has 2 aromatic carbocycles. The van der Waals surface area contributed by atoms with Crippen molar-refractivity contribution in [1.29, 1.82) is 0 Å². The molecule has 1 amide bonds. The van der Waals surface area contributed by atoms with Crippen molar-refractivity contribution in [3.8, 4) is 0 Å². The highest BCUT2D eigenvalue weighted by Gasteiger charge is 2.07. The number of hydrogen-bond acceptors (Lipinski definition) is 3. The molecule has 0 spiro atoms. The fourth-order valence-electron chi connectivity index (χ4n) is 2.40. The van der Waals surface area contributed by atoms with Gasteiger partial charge in [0.25, 0.3) is 5.91 Å². The SMILES string of the molecule is O=C(NCCc1ccc(F)cc1)c1ccc(Nc2ccc(F)c(Cl)c2)cn1. The Labute approximate surface area is 160 Å². The summed E-state index contributed by atoms with van der Waals surface area (Å²) in [5, 5.41) is 5.82. The molecule has 0 aliphatic carbocycles. The van der Waals surface area contributed by atoms with E-state index in [-0.39, 0.29) is 22.4 Å². The van der Waals surface area contributed by atoms with Crippen LogP contribution < -0.4 is 10.6 Å². The van der Waals surface area contributed by atoms with Gasteiger partial charge in [0.15, 0.2) is 0 Å². The third kappa shape index (κ3) is 5.24. The zero-order valence-corrected chi connectivity index (χ0v) is 14.9. The molecule has 0 fully saturated rings. The Morgan fingerprint density at radius 2 is 1.74 bits per heavy atom. The normalized spacial score (nSPS) is 10.5. The van der Waals surface area contributed by atoms with Crippen molar-refractivity contribution in [1.82, 2.24) is 10.3 Å². The second-order valence-corrected chi connectivity index (χ2v) is 6.23. The van der Waals surface area contributed by atoms with Gasteiger partial charge in [-0.05, 0) is 54.4 Å². The summed E-state index contributed by atoms with van der Waals surface area (Å²) < 4.78 is 26.0. The van der Waals surface area contributed by atoms with Crippen LogP contribution in [0.25, 0.3) is 0 Å². The summed E-state index contributed by atoms with van der Waals surface area (Å²) in [5.41, 5.74) is 2.46. The Hall–Kier alpha value is -2.99. The van der Waals surface area contributed by atoms with E-state index in [0.717, 1.165) is 5.56 Å². The number of nitrogens with one attached hydrogen (secondary N) is 2. The van der Waals surface area contributed by atoms with Crippen LogP contribution in [0, 0.1) is 11.6 Å². The summed E-state index contributed by atoms with van der Waals surface area (Å²) in [4.78, 5) is 16.2. The maximum absolute atomic E-state index is 13.2. The number of hydrogen-bond donors (Lipinski definition) is 2. The number of halogens is 3. The number of aromatic nitrogens is 1. The standard InChI is InChI=1S/C20H16ClF2N3O/c21-17-11-15(5-7-18(17)23)26-16-6-8-19(25-12-16)20(27)24-10-9-13-1-3-14(22)4-2-13/h1-8,11-12,26H,9-10H2,(H,24,27). The highest BCUT2D eigenvalue weighted by atomic mass is 35.5. The van der Waals surface area contributed by atoms with Gasteiger partial charge in [0.1, 0.15) is 17.3 Å². The molecule has 0 aliphatic heterocycles. The van der Waals surface area contributed by atoms with Gasteiger partial charge in [-0.1, -0.05) is 23.7 Å². The third-order valence-corrected chi connectivity index (χ3v) is 4.11. The minimum absolute atomic E-state index is 0.0186. The molecule has 7 heteroatoms. The lowest BCUT2D eigenvalue weighted by Gasteiger charge is -2.08. The predicted octanol–water partition coefficient (Wildman–Crippen LogP) is 4.73. The van der Waals surface area contributed by atoms with E-state index in [4.69, 9.17) is 11.6 Å². The fourth-order valence-corrected chi connectivity index (χ4v) is 2.59. The third-order valence-electron chi connectivity index (χ3n) is 3.82. The number of rotatable bonds is 6. The smallest absolute Gasteiger partial charge is 0.269 e. The van der Waals surface area contributed by atoms with E-state index in [2.05, 4.69) is 15.6 Å². The largest absolute Gasteiger partial charge is 0.354 e. The van der Waals surface area contributed by atoms with Gasteiger partial charge in [-0.25, -0.2) is 13.8 Å². The molecular weight excluding hydrogens is 372 g/mol. The molecule has 0 bridgehead atoms. The first-order valence-corrected chi connectivity index (χ1v) is 8.60. The monoisotopic (exact) mass is 387 g/mol. The van der Waals surface area contributed by atoms with E-state index < -0.39 is 5.82 Å². The molecular formula is C20H16ClF2N3O. The zero-order valence-electron chi connectivity index (χ0n) is 14.2. The number of carbonyl (C=O) groups excluding carboxylic acids is 1. The van der Waals surface area contributed by atoms with Crippen molar-refractivity contribution < 1.29 is 13.6 Å². The predicted molar refractivity (Wildman–Crippen MR) is 101 cm³/mol. The number of carbonyl (C=O) groups is 1. The van der Waals surface area contributed by atoms with Crippen molar-refractivity contribution in [2.45, 2.75) is 6.42 Å². The summed E-state index contributed by atoms with van der Waals surface area (Å²) in [6, 6.07) is 13.7. The molecule has 4 nitrogen and oxygen atoms in total. The van der Waals surface area contributed by atoms with Gasteiger partial charge < -0.3 is 10.6 Å². The van der Waals surface area contributed by atoms with Crippen LogP contribution in [-0.4, -0.2) is 17.4 Å². The lowest BCUT2D eigenvalue weighted by molar-refractivity contribution is 0.0949. The molecule has 0 saturated carbocycles. The van der Waals surface area contributed by atoms with E-state index in [0.29, 0.717) is 24.3 Å². The van der Waals surface area contributed by atoms with Gasteiger partial charge in [-0.3, -0.25) is 4.79 Å². The average molecular weight is 388 g/mol. The van der Waals surface area contributed by atoms with E-state index in [9.17, 15) is 13.6 Å². The number of amides is 1. The van der Waals surface area contributed by atoms with E-state index in [1.165, 1.54) is 30.5 Å². The average Bonchev–Trinajstić information content (AvgIpc) is 2.67. The Balaban J connectivity index is 1.53. The minimum Gasteiger partial charge on any atom is -0.354 e. The molecule has 0 aliphatic rings. The van der Waals surface area contributed by atoms with Crippen LogP contribution in [-0.2, 0) is 6.42 Å². The molecule has 1 aromatic heterocycles.